The molecule has 0 aliphatic carbocycles. The van der Waals surface area contributed by atoms with Gasteiger partial charge in [0.15, 0.2) is 0 Å². The lowest BCUT2D eigenvalue weighted by Crippen LogP contribution is -2.09. The molecule has 3 nitrogen and oxygen atoms in total. The minimum Gasteiger partial charge on any atom is -0.366 e. The van der Waals surface area contributed by atoms with Crippen LogP contribution in [0.1, 0.15) is 0 Å². The maximum Gasteiger partial charge on any atom is 0.240 e. The molecule has 0 radical (unpaired) electrons. The van der Waals surface area contributed by atoms with Crippen molar-refractivity contribution in [2.45, 2.75) is 0 Å². The van der Waals surface area contributed by atoms with Crippen LogP contribution in [0.15, 0.2) is 25.3 Å². The van der Waals surface area contributed by atoms with E-state index in [9.17, 15) is 4.79 Å². The SMILES string of the molecule is C=CC(N)=O.C=CCN(C)C.Cl. The van der Waals surface area contributed by atoms with E-state index in [-0.39, 0.29) is 12.4 Å². The molecule has 0 aliphatic rings. The zero-order valence-electron chi connectivity index (χ0n) is 7.62. The number of carbonyl (C=O) groups excluding carboxylic acids is 1. The Morgan fingerprint density at radius 3 is 1.83 bits per heavy atom. The average molecular weight is 193 g/mol. The van der Waals surface area contributed by atoms with Crippen LogP contribution in [0.2, 0.25) is 0 Å². The number of likely N-dealkylation sites (N-methyl/N-ethyl adjacent to an activating group) is 1. The van der Waals surface area contributed by atoms with Crippen molar-refractivity contribution < 1.29 is 4.79 Å². The summed E-state index contributed by atoms with van der Waals surface area (Å²) in [5.41, 5.74) is 4.53. The Labute approximate surface area is 80.3 Å². The smallest absolute Gasteiger partial charge is 0.240 e. The summed E-state index contributed by atoms with van der Waals surface area (Å²) in [6.07, 6.45) is 2.93. The summed E-state index contributed by atoms with van der Waals surface area (Å²) in [6.45, 7) is 7.62. The van der Waals surface area contributed by atoms with Crippen LogP contribution in [0.25, 0.3) is 0 Å². The third kappa shape index (κ3) is 35.1. The van der Waals surface area contributed by atoms with Gasteiger partial charge in [-0.05, 0) is 20.2 Å². The monoisotopic (exact) mass is 192 g/mol. The van der Waals surface area contributed by atoms with Crippen molar-refractivity contribution in [2.75, 3.05) is 20.6 Å². The highest BCUT2D eigenvalue weighted by Gasteiger charge is 1.75. The Morgan fingerprint density at radius 2 is 1.83 bits per heavy atom. The fourth-order valence-electron chi connectivity index (χ4n) is 0.258. The molecule has 2 N–H and O–H groups in total. The van der Waals surface area contributed by atoms with Gasteiger partial charge in [-0.25, -0.2) is 0 Å². The van der Waals surface area contributed by atoms with Crippen molar-refractivity contribution in [2.24, 2.45) is 5.73 Å². The summed E-state index contributed by atoms with van der Waals surface area (Å²) in [7, 11) is 4.03. The normalized spacial score (nSPS) is 7.25. The molecule has 0 rings (SSSR count). The fraction of sp³-hybridized carbons (Fsp3) is 0.375. The van der Waals surface area contributed by atoms with E-state index in [1.807, 2.05) is 20.2 Å². The summed E-state index contributed by atoms with van der Waals surface area (Å²) < 4.78 is 0. The van der Waals surface area contributed by atoms with Gasteiger partial charge in [0.05, 0.1) is 0 Å². The molecule has 0 aromatic carbocycles. The van der Waals surface area contributed by atoms with E-state index in [4.69, 9.17) is 0 Å². The first-order chi connectivity index (χ1) is 5.04. The highest BCUT2D eigenvalue weighted by Crippen LogP contribution is 1.69. The molecule has 0 saturated heterocycles. The first-order valence-electron chi connectivity index (χ1n) is 3.22. The molecule has 0 aromatic rings. The predicted molar refractivity (Wildman–Crippen MR) is 55.4 cm³/mol. The maximum atomic E-state index is 9.47. The molecule has 0 unspecified atom stereocenters. The molecule has 0 aliphatic heterocycles. The Balaban J connectivity index is -0.000000126. The predicted octanol–water partition coefficient (Wildman–Crippen LogP) is 0.813. The molecule has 4 heteroatoms. The molecular formula is C8H17ClN2O. The summed E-state index contributed by atoms with van der Waals surface area (Å²) in [5.74, 6) is -0.481. The minimum atomic E-state index is -0.481. The number of nitrogens with two attached hydrogens (primary N) is 1. The van der Waals surface area contributed by atoms with Gasteiger partial charge in [0.2, 0.25) is 5.91 Å². The van der Waals surface area contributed by atoms with Crippen LogP contribution in [-0.2, 0) is 4.79 Å². The molecule has 0 bridgehead atoms. The van der Waals surface area contributed by atoms with Crippen LogP contribution in [0.4, 0.5) is 0 Å². The Morgan fingerprint density at radius 1 is 1.50 bits per heavy atom. The molecule has 0 atom stereocenters. The molecule has 1 amide bonds. The molecule has 0 aromatic heterocycles. The van der Waals surface area contributed by atoms with Crippen molar-refractivity contribution >= 4 is 18.3 Å². The molecule has 0 fully saturated rings. The second kappa shape index (κ2) is 12.8. The van der Waals surface area contributed by atoms with E-state index in [0.29, 0.717) is 0 Å². The van der Waals surface area contributed by atoms with Crippen LogP contribution >= 0.6 is 12.4 Å². The van der Waals surface area contributed by atoms with Crippen LogP contribution in [0.3, 0.4) is 0 Å². The molecule has 0 heterocycles. The quantitative estimate of drug-likeness (QED) is 0.532. The number of carbonyl (C=O) groups is 1. The topological polar surface area (TPSA) is 46.3 Å². The first-order valence-corrected chi connectivity index (χ1v) is 3.22. The van der Waals surface area contributed by atoms with Gasteiger partial charge in [-0.3, -0.25) is 4.79 Å². The van der Waals surface area contributed by atoms with Crippen LogP contribution in [0, 0.1) is 0 Å². The first kappa shape index (κ1) is 17.3. The van der Waals surface area contributed by atoms with Gasteiger partial charge in [0.25, 0.3) is 0 Å². The molecule has 0 saturated carbocycles. The van der Waals surface area contributed by atoms with E-state index >= 15 is 0 Å². The summed E-state index contributed by atoms with van der Waals surface area (Å²) in [5, 5.41) is 0. The zero-order valence-corrected chi connectivity index (χ0v) is 8.43. The molecular weight excluding hydrogens is 176 g/mol. The Kier molecular flexibility index (Phi) is 18.5. The van der Waals surface area contributed by atoms with Crippen molar-refractivity contribution in [3.63, 3.8) is 0 Å². The van der Waals surface area contributed by atoms with Gasteiger partial charge in [0, 0.05) is 6.54 Å². The van der Waals surface area contributed by atoms with E-state index in [0.717, 1.165) is 12.6 Å². The molecule has 12 heavy (non-hydrogen) atoms. The third-order valence-electron chi connectivity index (χ3n) is 0.695. The Hall–Kier alpha value is -0.800. The van der Waals surface area contributed by atoms with E-state index in [1.165, 1.54) is 0 Å². The Bertz CT molecular complexity index is 135. The molecule has 72 valence electrons. The lowest BCUT2D eigenvalue weighted by Gasteiger charge is -2.01. The van der Waals surface area contributed by atoms with Gasteiger partial charge < -0.3 is 10.6 Å². The van der Waals surface area contributed by atoms with Crippen molar-refractivity contribution in [3.05, 3.63) is 25.3 Å². The van der Waals surface area contributed by atoms with Crippen molar-refractivity contribution in [1.82, 2.24) is 4.90 Å². The number of halogens is 1. The number of hydrogen-bond acceptors (Lipinski definition) is 2. The summed E-state index contributed by atoms with van der Waals surface area (Å²) in [4.78, 5) is 11.5. The second-order valence-electron chi connectivity index (χ2n) is 2.16. The highest BCUT2D eigenvalue weighted by molar-refractivity contribution is 5.85. The second-order valence-corrected chi connectivity index (χ2v) is 2.16. The number of rotatable bonds is 3. The van der Waals surface area contributed by atoms with Gasteiger partial charge in [-0.15, -0.1) is 19.0 Å². The van der Waals surface area contributed by atoms with Gasteiger partial charge in [-0.1, -0.05) is 12.7 Å². The number of primary amides is 1. The largest absolute Gasteiger partial charge is 0.366 e. The highest BCUT2D eigenvalue weighted by atomic mass is 35.5. The maximum absolute atomic E-state index is 9.47. The number of nitrogens with zero attached hydrogens (tertiary/aromatic N) is 1. The fourth-order valence-corrected chi connectivity index (χ4v) is 0.258. The van der Waals surface area contributed by atoms with Gasteiger partial charge in [0.1, 0.15) is 0 Å². The lowest BCUT2D eigenvalue weighted by atomic mass is 10.6. The van der Waals surface area contributed by atoms with E-state index in [2.05, 4.69) is 23.8 Å². The summed E-state index contributed by atoms with van der Waals surface area (Å²) in [6, 6.07) is 0. The minimum absolute atomic E-state index is 0. The van der Waals surface area contributed by atoms with Crippen molar-refractivity contribution in [3.8, 4) is 0 Å². The molecule has 0 spiro atoms. The lowest BCUT2D eigenvalue weighted by molar-refractivity contribution is -0.113. The third-order valence-corrected chi connectivity index (χ3v) is 0.695. The van der Waals surface area contributed by atoms with Crippen LogP contribution < -0.4 is 5.73 Å². The van der Waals surface area contributed by atoms with E-state index < -0.39 is 5.91 Å². The average Bonchev–Trinajstić information content (AvgIpc) is 1.89. The van der Waals surface area contributed by atoms with Crippen molar-refractivity contribution in [1.29, 1.82) is 0 Å². The zero-order chi connectivity index (χ0) is 9.28. The van der Waals surface area contributed by atoms with Gasteiger partial charge >= 0.3 is 0 Å². The summed E-state index contributed by atoms with van der Waals surface area (Å²) >= 11 is 0. The standard InChI is InChI=1S/C5H11N.C3H5NO.ClH/c1-4-5-6(2)3;1-2-3(4)5;/h4H,1,5H2,2-3H3;2H,1H2,(H2,4,5);1H. The van der Waals surface area contributed by atoms with Crippen LogP contribution in [-0.4, -0.2) is 31.4 Å². The van der Waals surface area contributed by atoms with E-state index in [1.54, 1.807) is 0 Å². The number of amides is 1. The number of hydrogen-bond donors (Lipinski definition) is 1. The van der Waals surface area contributed by atoms with Crippen LogP contribution in [0.5, 0.6) is 0 Å². The van der Waals surface area contributed by atoms with Gasteiger partial charge in [-0.2, -0.15) is 0 Å².